The van der Waals surface area contributed by atoms with Crippen molar-refractivity contribution in [3.63, 3.8) is 0 Å². The number of nitrogens with two attached hydrogens (primary N) is 1. The van der Waals surface area contributed by atoms with Crippen LogP contribution in [0.2, 0.25) is 0 Å². The van der Waals surface area contributed by atoms with Gasteiger partial charge >= 0.3 is 11.9 Å². The van der Waals surface area contributed by atoms with Crippen LogP contribution in [0.15, 0.2) is 54.7 Å². The molecule has 0 aliphatic heterocycles. The normalized spacial score (nSPS) is 14.8. The molecular weight excluding hydrogens is 624 g/mol. The van der Waals surface area contributed by atoms with E-state index in [1.807, 2.05) is 24.3 Å². The first-order valence-corrected chi connectivity index (χ1v) is 15.4. The lowest BCUT2D eigenvalue weighted by Gasteiger charge is -2.28. The number of nitrogens with one attached hydrogen (secondary N) is 5. The fraction of sp³-hybridized carbons (Fsp3) is 0.394. The van der Waals surface area contributed by atoms with Gasteiger partial charge < -0.3 is 47.3 Å². The van der Waals surface area contributed by atoms with Gasteiger partial charge in [-0.05, 0) is 42.2 Å². The van der Waals surface area contributed by atoms with Crippen LogP contribution in [-0.4, -0.2) is 86.1 Å². The SMILES string of the molecule is CC[C@H](C)[C@H](NC(=O)[C@H](Cc1c[nH]c2ccccc12)NC(=O)[C@H](Cc1ccc(O)cc1)NC(=O)[C@@H](N)CC(=O)O)C(=O)N[C@@H](C)C(=O)O. The predicted octanol–water partition coefficient (Wildman–Crippen LogP) is 0.551. The zero-order chi connectivity index (χ0) is 35.5. The maximum Gasteiger partial charge on any atom is 0.325 e. The molecule has 0 aliphatic carbocycles. The molecule has 15 nitrogen and oxygen atoms in total. The minimum Gasteiger partial charge on any atom is -0.508 e. The average Bonchev–Trinajstić information content (AvgIpc) is 3.45. The standard InChI is InChI=1S/C33H42N6O9/c1-4-17(2)28(32(46)36-18(3)33(47)48)39-31(45)26(14-20-16-35-24-8-6-5-7-22(20)24)38-30(44)25(13-19-9-11-21(40)12-10-19)37-29(43)23(34)15-27(41)42/h5-12,16-18,23,25-26,28,35,40H,4,13-15,34H2,1-3H3,(H,36,46)(H,37,43)(H,38,44)(H,39,45)(H,41,42)(H,47,48)/t17-,18-,23-,25-,26-,28-/m0/s1. The molecule has 0 spiro atoms. The van der Waals surface area contributed by atoms with Gasteiger partial charge in [0.2, 0.25) is 23.6 Å². The Balaban J connectivity index is 1.95. The van der Waals surface area contributed by atoms with Crippen molar-refractivity contribution in [2.75, 3.05) is 0 Å². The molecule has 2 aromatic carbocycles. The van der Waals surface area contributed by atoms with E-state index in [0.717, 1.165) is 10.9 Å². The maximum atomic E-state index is 13.9. The fourth-order valence-corrected chi connectivity index (χ4v) is 4.96. The molecule has 1 heterocycles. The molecule has 0 unspecified atom stereocenters. The number of phenolic OH excluding ortho intramolecular Hbond substituents is 1. The van der Waals surface area contributed by atoms with Crippen LogP contribution in [0.25, 0.3) is 10.9 Å². The van der Waals surface area contributed by atoms with Gasteiger partial charge in [0.1, 0.15) is 29.9 Å². The molecule has 48 heavy (non-hydrogen) atoms. The number of aliphatic carboxylic acids is 2. The summed E-state index contributed by atoms with van der Waals surface area (Å²) in [4.78, 5) is 79.4. The predicted molar refractivity (Wildman–Crippen MR) is 175 cm³/mol. The molecule has 0 saturated heterocycles. The number of aromatic hydroxyl groups is 1. The summed E-state index contributed by atoms with van der Waals surface area (Å²) in [5, 5.41) is 39.1. The molecule has 1 aromatic heterocycles. The quantitative estimate of drug-likeness (QED) is 0.0967. The number of aromatic amines is 1. The highest BCUT2D eigenvalue weighted by atomic mass is 16.4. The number of carbonyl (C=O) groups is 6. The minimum absolute atomic E-state index is 0.0274. The second-order valence-electron chi connectivity index (χ2n) is 11.7. The number of benzene rings is 2. The van der Waals surface area contributed by atoms with E-state index >= 15 is 0 Å². The van der Waals surface area contributed by atoms with Crippen LogP contribution >= 0.6 is 0 Å². The third kappa shape index (κ3) is 10.3. The number of para-hydroxylation sites is 1. The van der Waals surface area contributed by atoms with E-state index < -0.39 is 78.1 Å². The van der Waals surface area contributed by atoms with Gasteiger partial charge in [-0.3, -0.25) is 28.8 Å². The van der Waals surface area contributed by atoms with Crippen molar-refractivity contribution >= 4 is 46.5 Å². The number of carbonyl (C=O) groups excluding carboxylic acids is 4. The molecule has 0 bridgehead atoms. The highest BCUT2D eigenvalue weighted by Crippen LogP contribution is 2.20. The first-order chi connectivity index (χ1) is 22.7. The smallest absolute Gasteiger partial charge is 0.325 e. The molecule has 3 aromatic rings. The third-order valence-electron chi connectivity index (χ3n) is 7.99. The highest BCUT2D eigenvalue weighted by Gasteiger charge is 2.34. The lowest BCUT2D eigenvalue weighted by molar-refractivity contribution is -0.142. The van der Waals surface area contributed by atoms with Gasteiger partial charge in [0.05, 0.1) is 12.5 Å². The lowest BCUT2D eigenvalue weighted by atomic mass is 9.96. The average molecular weight is 667 g/mol. The molecule has 0 radical (unpaired) electrons. The van der Waals surface area contributed by atoms with Crippen LogP contribution in [0.3, 0.4) is 0 Å². The second kappa shape index (κ2) is 16.9. The summed E-state index contributed by atoms with van der Waals surface area (Å²) in [6.45, 7) is 4.81. The van der Waals surface area contributed by atoms with Gasteiger partial charge in [-0.1, -0.05) is 50.6 Å². The molecule has 4 amide bonds. The Morgan fingerprint density at radius 2 is 1.40 bits per heavy atom. The van der Waals surface area contributed by atoms with Crippen molar-refractivity contribution in [2.45, 2.75) is 76.7 Å². The summed E-state index contributed by atoms with van der Waals surface area (Å²) in [7, 11) is 0. The Labute approximate surface area is 276 Å². The topological polar surface area (TPSA) is 253 Å². The summed E-state index contributed by atoms with van der Waals surface area (Å²) in [6, 6.07) is 6.69. The van der Waals surface area contributed by atoms with Gasteiger partial charge in [0, 0.05) is 29.9 Å². The van der Waals surface area contributed by atoms with Crippen molar-refractivity contribution in [3.8, 4) is 5.75 Å². The van der Waals surface area contributed by atoms with E-state index in [4.69, 9.17) is 10.8 Å². The number of amides is 4. The molecule has 6 atom stereocenters. The van der Waals surface area contributed by atoms with Gasteiger partial charge in [-0.25, -0.2) is 0 Å². The fourth-order valence-electron chi connectivity index (χ4n) is 4.96. The molecule has 15 heteroatoms. The maximum absolute atomic E-state index is 13.9. The monoisotopic (exact) mass is 666 g/mol. The van der Waals surface area contributed by atoms with Crippen molar-refractivity contribution in [3.05, 3.63) is 65.9 Å². The Morgan fingerprint density at radius 3 is 2.02 bits per heavy atom. The summed E-state index contributed by atoms with van der Waals surface area (Å²) in [5.41, 5.74) is 7.72. The molecule has 258 valence electrons. The van der Waals surface area contributed by atoms with Crippen LogP contribution in [0, 0.1) is 5.92 Å². The van der Waals surface area contributed by atoms with E-state index in [0.29, 0.717) is 17.5 Å². The van der Waals surface area contributed by atoms with Crippen LogP contribution in [-0.2, 0) is 41.6 Å². The summed E-state index contributed by atoms with van der Waals surface area (Å²) in [6.07, 6.45) is 1.30. The Morgan fingerprint density at radius 1 is 0.792 bits per heavy atom. The summed E-state index contributed by atoms with van der Waals surface area (Å²) in [5.74, 6) is -6.18. The van der Waals surface area contributed by atoms with Gasteiger partial charge in [-0.2, -0.15) is 0 Å². The summed E-state index contributed by atoms with van der Waals surface area (Å²) >= 11 is 0. The van der Waals surface area contributed by atoms with Crippen molar-refractivity contribution in [1.29, 1.82) is 0 Å². The molecule has 0 fully saturated rings. The largest absolute Gasteiger partial charge is 0.508 e. The number of rotatable bonds is 17. The number of carboxylic acids is 2. The first kappa shape index (κ1) is 37.0. The number of hydrogen-bond donors (Lipinski definition) is 9. The number of fused-ring (bicyclic) bond motifs is 1. The molecule has 3 rings (SSSR count). The van der Waals surface area contributed by atoms with E-state index in [9.17, 15) is 39.0 Å². The van der Waals surface area contributed by atoms with E-state index in [-0.39, 0.29) is 18.6 Å². The Kier molecular flexibility index (Phi) is 13.1. The molecule has 0 saturated carbocycles. The highest BCUT2D eigenvalue weighted by molar-refractivity contribution is 5.96. The van der Waals surface area contributed by atoms with Gasteiger partial charge in [0.15, 0.2) is 0 Å². The summed E-state index contributed by atoms with van der Waals surface area (Å²) < 4.78 is 0. The molecule has 0 aliphatic rings. The molecule has 10 N–H and O–H groups in total. The third-order valence-corrected chi connectivity index (χ3v) is 7.99. The molecular formula is C33H42N6O9. The van der Waals surface area contributed by atoms with Gasteiger partial charge in [0.25, 0.3) is 0 Å². The Bertz CT molecular complexity index is 1620. The van der Waals surface area contributed by atoms with Crippen molar-refractivity contribution < 1.29 is 44.1 Å². The zero-order valence-corrected chi connectivity index (χ0v) is 26.9. The van der Waals surface area contributed by atoms with E-state index in [2.05, 4.69) is 26.3 Å². The van der Waals surface area contributed by atoms with Crippen molar-refractivity contribution in [1.82, 2.24) is 26.3 Å². The van der Waals surface area contributed by atoms with E-state index in [1.165, 1.54) is 31.2 Å². The zero-order valence-electron chi connectivity index (χ0n) is 26.9. The number of carboxylic acid groups (broad SMARTS) is 2. The number of phenols is 1. The second-order valence-corrected chi connectivity index (χ2v) is 11.7. The van der Waals surface area contributed by atoms with Gasteiger partial charge in [-0.15, -0.1) is 0 Å². The minimum atomic E-state index is -1.47. The van der Waals surface area contributed by atoms with Crippen LogP contribution in [0.4, 0.5) is 0 Å². The van der Waals surface area contributed by atoms with Crippen LogP contribution < -0.4 is 27.0 Å². The first-order valence-electron chi connectivity index (χ1n) is 15.4. The number of H-pyrrole nitrogens is 1. The van der Waals surface area contributed by atoms with Crippen molar-refractivity contribution in [2.24, 2.45) is 11.7 Å². The number of hydrogen-bond acceptors (Lipinski definition) is 8. The number of aromatic nitrogens is 1. The van der Waals surface area contributed by atoms with E-state index in [1.54, 1.807) is 20.0 Å². The van der Waals surface area contributed by atoms with Crippen LogP contribution in [0.5, 0.6) is 5.75 Å². The van der Waals surface area contributed by atoms with Crippen LogP contribution in [0.1, 0.15) is 44.7 Å². The lowest BCUT2D eigenvalue weighted by Crippen LogP contribution is -2.60. The Hall–Kier alpha value is -5.44.